The second kappa shape index (κ2) is 6.43. The molecule has 1 unspecified atom stereocenters. The Balaban J connectivity index is 2.95. The van der Waals surface area contributed by atoms with Crippen LogP contribution in [0, 0.1) is 5.82 Å². The van der Waals surface area contributed by atoms with Crippen LogP contribution in [0.2, 0.25) is 0 Å². The fourth-order valence-corrected chi connectivity index (χ4v) is 2.16. The molecular weight excluding hydrogens is 247 g/mol. The predicted octanol–water partition coefficient (Wildman–Crippen LogP) is 0.366. The van der Waals surface area contributed by atoms with Crippen molar-refractivity contribution in [2.24, 2.45) is 10.9 Å². The van der Waals surface area contributed by atoms with Gasteiger partial charge >= 0.3 is 0 Å². The number of halogens is 1. The maximum atomic E-state index is 13.5. The van der Waals surface area contributed by atoms with E-state index in [4.69, 9.17) is 16.0 Å². The largest absolute Gasteiger partial charge is 0.409 e. The lowest BCUT2D eigenvalue weighted by molar-refractivity contribution is 0.113. The molecule has 1 atom stereocenters. The van der Waals surface area contributed by atoms with Crippen molar-refractivity contribution in [1.82, 2.24) is 0 Å². The van der Waals surface area contributed by atoms with Crippen LogP contribution in [-0.4, -0.2) is 39.7 Å². The minimum absolute atomic E-state index is 0.00913. The van der Waals surface area contributed by atoms with Gasteiger partial charge in [0.15, 0.2) is 5.84 Å². The molecule has 0 aliphatic rings. The molecule has 5 N–H and O–H groups in total. The SMILES string of the molecule is NC(=NO)c1c(F)cccc1SCC(O)CO. The van der Waals surface area contributed by atoms with Gasteiger partial charge in [0.1, 0.15) is 5.82 Å². The van der Waals surface area contributed by atoms with Gasteiger partial charge in [-0.1, -0.05) is 11.2 Å². The molecular formula is C10H13FN2O3S. The van der Waals surface area contributed by atoms with Crippen molar-refractivity contribution in [3.63, 3.8) is 0 Å². The van der Waals surface area contributed by atoms with Crippen LogP contribution >= 0.6 is 11.8 Å². The van der Waals surface area contributed by atoms with E-state index in [-0.39, 0.29) is 23.8 Å². The summed E-state index contributed by atoms with van der Waals surface area (Å²) >= 11 is 1.12. The van der Waals surface area contributed by atoms with Crippen LogP contribution in [0.3, 0.4) is 0 Å². The van der Waals surface area contributed by atoms with Crippen LogP contribution in [0.15, 0.2) is 28.3 Å². The molecule has 0 radical (unpaired) electrons. The summed E-state index contributed by atoms with van der Waals surface area (Å²) in [6.07, 6.45) is -0.900. The van der Waals surface area contributed by atoms with Crippen LogP contribution in [0.4, 0.5) is 4.39 Å². The van der Waals surface area contributed by atoms with E-state index in [0.717, 1.165) is 11.8 Å². The van der Waals surface area contributed by atoms with Gasteiger partial charge in [0.05, 0.1) is 18.3 Å². The molecule has 0 heterocycles. The maximum absolute atomic E-state index is 13.5. The van der Waals surface area contributed by atoms with Crippen molar-refractivity contribution in [3.8, 4) is 0 Å². The first-order chi connectivity index (χ1) is 8.10. The molecule has 5 nitrogen and oxygen atoms in total. The highest BCUT2D eigenvalue weighted by Gasteiger charge is 2.14. The Morgan fingerprint density at radius 3 is 2.82 bits per heavy atom. The Bertz CT molecular complexity index is 415. The van der Waals surface area contributed by atoms with E-state index in [2.05, 4.69) is 5.16 Å². The third-order valence-electron chi connectivity index (χ3n) is 1.98. The average molecular weight is 260 g/mol. The zero-order valence-electron chi connectivity index (χ0n) is 8.88. The molecule has 0 bridgehead atoms. The lowest BCUT2D eigenvalue weighted by Gasteiger charge is -2.10. The minimum Gasteiger partial charge on any atom is -0.409 e. The standard InChI is InChI=1S/C10H13FN2O3S/c11-7-2-1-3-8(9(7)10(12)13-16)17-5-6(15)4-14/h1-3,6,14-16H,4-5H2,(H2,12,13). The number of nitrogens with two attached hydrogens (primary N) is 1. The van der Waals surface area contributed by atoms with Crippen LogP contribution in [-0.2, 0) is 0 Å². The monoisotopic (exact) mass is 260 g/mol. The van der Waals surface area contributed by atoms with Crippen LogP contribution in [0.5, 0.6) is 0 Å². The third kappa shape index (κ3) is 3.58. The summed E-state index contributed by atoms with van der Waals surface area (Å²) in [4.78, 5) is 0.438. The van der Waals surface area contributed by atoms with Gasteiger partial charge in [-0.05, 0) is 12.1 Å². The molecule has 0 fully saturated rings. The minimum atomic E-state index is -0.900. The quantitative estimate of drug-likeness (QED) is 0.201. The lowest BCUT2D eigenvalue weighted by atomic mass is 10.2. The summed E-state index contributed by atoms with van der Waals surface area (Å²) in [5.41, 5.74) is 5.36. The van der Waals surface area contributed by atoms with Crippen molar-refractivity contribution in [2.45, 2.75) is 11.0 Å². The highest BCUT2D eigenvalue weighted by Crippen LogP contribution is 2.25. The van der Waals surface area contributed by atoms with Gasteiger partial charge in [0.2, 0.25) is 0 Å². The zero-order chi connectivity index (χ0) is 12.8. The number of rotatable bonds is 5. The molecule has 0 aliphatic heterocycles. The number of aliphatic hydroxyl groups excluding tert-OH is 2. The van der Waals surface area contributed by atoms with Crippen molar-refractivity contribution < 1.29 is 19.8 Å². The number of hydrogen-bond donors (Lipinski definition) is 4. The van der Waals surface area contributed by atoms with E-state index in [1.807, 2.05) is 0 Å². The van der Waals surface area contributed by atoms with Crippen LogP contribution in [0.1, 0.15) is 5.56 Å². The summed E-state index contributed by atoms with van der Waals surface area (Å²) in [5.74, 6) is -0.751. The molecule has 17 heavy (non-hydrogen) atoms. The average Bonchev–Trinajstić information content (AvgIpc) is 2.35. The summed E-state index contributed by atoms with van der Waals surface area (Å²) in [7, 11) is 0. The summed E-state index contributed by atoms with van der Waals surface area (Å²) in [5, 5.41) is 29.2. The van der Waals surface area contributed by atoms with Gasteiger partial charge in [-0.25, -0.2) is 4.39 Å². The zero-order valence-corrected chi connectivity index (χ0v) is 9.69. The number of oxime groups is 1. The number of thioether (sulfide) groups is 1. The molecule has 0 saturated carbocycles. The molecule has 0 amide bonds. The van der Waals surface area contributed by atoms with Crippen molar-refractivity contribution >= 4 is 17.6 Å². The van der Waals surface area contributed by atoms with Gasteiger partial charge in [-0.15, -0.1) is 11.8 Å². The van der Waals surface area contributed by atoms with E-state index < -0.39 is 11.9 Å². The van der Waals surface area contributed by atoms with Gasteiger partial charge in [-0.2, -0.15) is 0 Å². The molecule has 1 aromatic rings. The van der Waals surface area contributed by atoms with E-state index >= 15 is 0 Å². The van der Waals surface area contributed by atoms with Crippen LogP contribution < -0.4 is 5.73 Å². The molecule has 7 heteroatoms. The smallest absolute Gasteiger partial charge is 0.174 e. The maximum Gasteiger partial charge on any atom is 0.174 e. The second-order valence-electron chi connectivity index (χ2n) is 3.25. The highest BCUT2D eigenvalue weighted by atomic mass is 32.2. The Labute approximate surface area is 102 Å². The first kappa shape index (κ1) is 13.8. The normalized spacial score (nSPS) is 13.7. The van der Waals surface area contributed by atoms with Gasteiger partial charge in [0, 0.05) is 10.6 Å². The Morgan fingerprint density at radius 1 is 1.53 bits per heavy atom. The lowest BCUT2D eigenvalue weighted by Crippen LogP contribution is -2.18. The molecule has 94 valence electrons. The Hall–Kier alpha value is -1.31. The fourth-order valence-electron chi connectivity index (χ4n) is 1.16. The van der Waals surface area contributed by atoms with E-state index in [1.165, 1.54) is 12.1 Å². The number of hydrogen-bond acceptors (Lipinski definition) is 5. The number of benzene rings is 1. The number of aliphatic hydroxyl groups is 2. The number of nitrogens with zero attached hydrogens (tertiary/aromatic N) is 1. The highest BCUT2D eigenvalue weighted by molar-refractivity contribution is 7.99. The summed E-state index contributed by atoms with van der Waals surface area (Å²) < 4.78 is 13.5. The molecule has 1 aromatic carbocycles. The van der Waals surface area contributed by atoms with E-state index in [0.29, 0.717) is 4.90 Å². The summed E-state index contributed by atoms with van der Waals surface area (Å²) in [6, 6.07) is 4.27. The predicted molar refractivity (Wildman–Crippen MR) is 62.7 cm³/mol. The molecule has 0 aliphatic carbocycles. The second-order valence-corrected chi connectivity index (χ2v) is 4.31. The number of amidine groups is 1. The van der Waals surface area contributed by atoms with Crippen LogP contribution in [0.25, 0.3) is 0 Å². The molecule has 0 aromatic heterocycles. The molecule has 0 spiro atoms. The molecule has 0 saturated heterocycles. The van der Waals surface area contributed by atoms with E-state index in [1.54, 1.807) is 6.07 Å². The fraction of sp³-hybridized carbons (Fsp3) is 0.300. The summed E-state index contributed by atoms with van der Waals surface area (Å²) in [6.45, 7) is -0.374. The van der Waals surface area contributed by atoms with Crippen molar-refractivity contribution in [1.29, 1.82) is 0 Å². The third-order valence-corrected chi connectivity index (χ3v) is 3.18. The first-order valence-electron chi connectivity index (χ1n) is 4.78. The van der Waals surface area contributed by atoms with Gasteiger partial charge in [0.25, 0.3) is 0 Å². The molecule has 1 rings (SSSR count). The topological polar surface area (TPSA) is 99.1 Å². The Morgan fingerprint density at radius 2 is 2.24 bits per heavy atom. The van der Waals surface area contributed by atoms with E-state index in [9.17, 15) is 9.50 Å². The van der Waals surface area contributed by atoms with Crippen molar-refractivity contribution in [3.05, 3.63) is 29.6 Å². The first-order valence-corrected chi connectivity index (χ1v) is 5.76. The van der Waals surface area contributed by atoms with Gasteiger partial charge in [-0.3, -0.25) is 0 Å². The van der Waals surface area contributed by atoms with Crippen molar-refractivity contribution in [2.75, 3.05) is 12.4 Å². The Kier molecular flexibility index (Phi) is 5.20. The van der Waals surface area contributed by atoms with Gasteiger partial charge < -0.3 is 21.2 Å².